The van der Waals surface area contributed by atoms with Crippen LogP contribution in [0.1, 0.15) is 57.1 Å². The molecule has 1 aromatic rings. The number of benzene rings is 1. The Morgan fingerprint density at radius 3 is 2.76 bits per heavy atom. The summed E-state index contributed by atoms with van der Waals surface area (Å²) in [5.41, 5.74) is 3.29. The third kappa shape index (κ3) is 2.71. The van der Waals surface area contributed by atoms with E-state index in [-0.39, 0.29) is 5.54 Å². The summed E-state index contributed by atoms with van der Waals surface area (Å²) in [6.07, 6.45) is 7.58. The highest BCUT2D eigenvalue weighted by Gasteiger charge is 2.34. The molecule has 0 radical (unpaired) electrons. The van der Waals surface area contributed by atoms with Crippen LogP contribution >= 0.6 is 0 Å². The maximum Gasteiger partial charge on any atom is 0.0435 e. The second kappa shape index (κ2) is 5.68. The molecule has 1 atom stereocenters. The summed E-state index contributed by atoms with van der Waals surface area (Å²) in [5.74, 6) is 0. The molecule has 1 nitrogen and oxygen atoms in total. The molecule has 94 valence electrons. The molecule has 1 heteroatoms. The van der Waals surface area contributed by atoms with Crippen molar-refractivity contribution in [3.8, 4) is 0 Å². The second-order valence-electron chi connectivity index (χ2n) is 5.31. The molecule has 0 saturated carbocycles. The second-order valence-corrected chi connectivity index (χ2v) is 5.31. The fourth-order valence-electron chi connectivity index (χ4n) is 3.15. The monoisotopic (exact) mass is 231 g/mol. The van der Waals surface area contributed by atoms with Crippen molar-refractivity contribution < 1.29 is 0 Å². The molecule has 2 rings (SSSR count). The summed E-state index contributed by atoms with van der Waals surface area (Å²) in [6.45, 7) is 5.72. The lowest BCUT2D eigenvalue weighted by Gasteiger charge is -2.30. The zero-order valence-corrected chi connectivity index (χ0v) is 11.3. The molecule has 1 aliphatic heterocycles. The van der Waals surface area contributed by atoms with Crippen LogP contribution in [0.5, 0.6) is 0 Å². The zero-order chi connectivity index (χ0) is 12.1. The molecular weight excluding hydrogens is 206 g/mol. The summed E-state index contributed by atoms with van der Waals surface area (Å²) in [5, 5.41) is 3.76. The maximum absolute atomic E-state index is 3.76. The predicted octanol–water partition coefficient (Wildman–Crippen LogP) is 4.02. The molecule has 0 aliphatic carbocycles. The minimum Gasteiger partial charge on any atom is -0.307 e. The Balaban J connectivity index is 2.26. The molecule has 1 N–H and O–H groups in total. The van der Waals surface area contributed by atoms with Gasteiger partial charge >= 0.3 is 0 Å². The Labute approximate surface area is 106 Å². The molecular formula is C16H25N. The van der Waals surface area contributed by atoms with E-state index in [0.717, 1.165) is 0 Å². The first-order chi connectivity index (χ1) is 8.30. The predicted molar refractivity (Wildman–Crippen MR) is 74.3 cm³/mol. The van der Waals surface area contributed by atoms with Crippen LogP contribution in [-0.4, -0.2) is 6.54 Å². The Morgan fingerprint density at radius 2 is 2.12 bits per heavy atom. The number of rotatable bonds is 5. The fourth-order valence-corrected chi connectivity index (χ4v) is 3.15. The lowest BCUT2D eigenvalue weighted by atomic mass is 9.83. The highest BCUT2D eigenvalue weighted by atomic mass is 15.0. The molecule has 17 heavy (non-hydrogen) atoms. The van der Waals surface area contributed by atoms with Gasteiger partial charge in [0.05, 0.1) is 0 Å². The molecule has 0 amide bonds. The van der Waals surface area contributed by atoms with Crippen LogP contribution in [0, 0.1) is 0 Å². The van der Waals surface area contributed by atoms with Crippen molar-refractivity contribution >= 4 is 0 Å². The van der Waals surface area contributed by atoms with Gasteiger partial charge in [-0.25, -0.2) is 0 Å². The molecule has 0 spiro atoms. The van der Waals surface area contributed by atoms with Crippen molar-refractivity contribution in [2.45, 2.75) is 57.9 Å². The van der Waals surface area contributed by atoms with Gasteiger partial charge in [0.2, 0.25) is 0 Å². The van der Waals surface area contributed by atoms with Crippen molar-refractivity contribution in [1.29, 1.82) is 0 Å². The zero-order valence-electron chi connectivity index (χ0n) is 11.3. The van der Waals surface area contributed by atoms with Gasteiger partial charge in [0.1, 0.15) is 0 Å². The van der Waals surface area contributed by atoms with Gasteiger partial charge in [-0.15, -0.1) is 0 Å². The van der Waals surface area contributed by atoms with E-state index in [1.807, 2.05) is 0 Å². The Hall–Kier alpha value is -0.820. The highest BCUT2D eigenvalue weighted by molar-refractivity contribution is 5.30. The van der Waals surface area contributed by atoms with Crippen LogP contribution in [0.15, 0.2) is 24.3 Å². The lowest BCUT2D eigenvalue weighted by Crippen LogP contribution is -2.36. The summed E-state index contributed by atoms with van der Waals surface area (Å²) in [6, 6.07) is 9.24. The van der Waals surface area contributed by atoms with Gasteiger partial charge in [-0.2, -0.15) is 0 Å². The molecule has 1 unspecified atom stereocenters. The maximum atomic E-state index is 3.76. The van der Waals surface area contributed by atoms with Gasteiger partial charge in [0.15, 0.2) is 0 Å². The van der Waals surface area contributed by atoms with E-state index in [4.69, 9.17) is 0 Å². The van der Waals surface area contributed by atoms with Gasteiger partial charge in [-0.05, 0) is 43.4 Å². The van der Waals surface area contributed by atoms with Gasteiger partial charge in [-0.3, -0.25) is 0 Å². The van der Waals surface area contributed by atoms with Crippen LogP contribution in [-0.2, 0) is 12.0 Å². The van der Waals surface area contributed by atoms with Crippen molar-refractivity contribution in [1.82, 2.24) is 5.32 Å². The Kier molecular flexibility index (Phi) is 4.22. The Morgan fingerprint density at radius 1 is 1.24 bits per heavy atom. The molecule has 1 saturated heterocycles. The normalized spacial score (nSPS) is 24.1. The molecule has 1 aromatic carbocycles. The lowest BCUT2D eigenvalue weighted by molar-refractivity contribution is 0.355. The highest BCUT2D eigenvalue weighted by Crippen LogP contribution is 2.35. The minimum absolute atomic E-state index is 0.276. The Bertz CT molecular complexity index is 350. The average molecular weight is 231 g/mol. The van der Waals surface area contributed by atoms with E-state index in [9.17, 15) is 0 Å². The SMILES string of the molecule is CCCc1cccc(C2(CCC)CCCN2)c1. The van der Waals surface area contributed by atoms with Gasteiger partial charge in [0.25, 0.3) is 0 Å². The van der Waals surface area contributed by atoms with Crippen LogP contribution in [0.2, 0.25) is 0 Å². The van der Waals surface area contributed by atoms with Gasteiger partial charge in [-0.1, -0.05) is 51.0 Å². The van der Waals surface area contributed by atoms with E-state index in [0.29, 0.717) is 0 Å². The van der Waals surface area contributed by atoms with E-state index >= 15 is 0 Å². The first kappa shape index (κ1) is 12.6. The van der Waals surface area contributed by atoms with Crippen molar-refractivity contribution in [2.75, 3.05) is 6.54 Å². The van der Waals surface area contributed by atoms with Crippen LogP contribution in [0.3, 0.4) is 0 Å². The molecule has 1 heterocycles. The summed E-state index contributed by atoms with van der Waals surface area (Å²) < 4.78 is 0. The van der Waals surface area contributed by atoms with E-state index in [2.05, 4.69) is 43.4 Å². The number of hydrogen-bond acceptors (Lipinski definition) is 1. The number of hydrogen-bond donors (Lipinski definition) is 1. The minimum atomic E-state index is 0.276. The smallest absolute Gasteiger partial charge is 0.0435 e. The van der Waals surface area contributed by atoms with Gasteiger partial charge < -0.3 is 5.32 Å². The van der Waals surface area contributed by atoms with E-state index in [1.54, 1.807) is 0 Å². The van der Waals surface area contributed by atoms with E-state index < -0.39 is 0 Å². The third-order valence-electron chi connectivity index (χ3n) is 3.94. The summed E-state index contributed by atoms with van der Waals surface area (Å²) >= 11 is 0. The number of nitrogens with one attached hydrogen (secondary N) is 1. The van der Waals surface area contributed by atoms with Crippen molar-refractivity contribution in [3.05, 3.63) is 35.4 Å². The quantitative estimate of drug-likeness (QED) is 0.807. The van der Waals surface area contributed by atoms with Crippen molar-refractivity contribution in [3.63, 3.8) is 0 Å². The summed E-state index contributed by atoms with van der Waals surface area (Å²) in [4.78, 5) is 0. The van der Waals surface area contributed by atoms with E-state index in [1.165, 1.54) is 56.2 Å². The van der Waals surface area contributed by atoms with Crippen LogP contribution < -0.4 is 5.32 Å². The van der Waals surface area contributed by atoms with Crippen LogP contribution in [0.25, 0.3) is 0 Å². The third-order valence-corrected chi connectivity index (χ3v) is 3.94. The first-order valence-electron chi connectivity index (χ1n) is 7.15. The molecule has 1 aliphatic rings. The van der Waals surface area contributed by atoms with Gasteiger partial charge in [0, 0.05) is 5.54 Å². The fraction of sp³-hybridized carbons (Fsp3) is 0.625. The molecule has 0 aromatic heterocycles. The molecule has 1 fully saturated rings. The van der Waals surface area contributed by atoms with Crippen molar-refractivity contribution in [2.24, 2.45) is 0 Å². The largest absolute Gasteiger partial charge is 0.307 e. The topological polar surface area (TPSA) is 12.0 Å². The average Bonchev–Trinajstić information content (AvgIpc) is 2.80. The summed E-state index contributed by atoms with van der Waals surface area (Å²) in [7, 11) is 0. The number of aryl methyl sites for hydroxylation is 1. The first-order valence-corrected chi connectivity index (χ1v) is 7.15. The standard InChI is InChI=1S/C16H25N/c1-3-7-14-8-5-9-15(13-14)16(10-4-2)11-6-12-17-16/h5,8-9,13,17H,3-4,6-7,10-12H2,1-2H3. The molecule has 0 bridgehead atoms. The van der Waals surface area contributed by atoms with Crippen LogP contribution in [0.4, 0.5) is 0 Å².